The van der Waals surface area contributed by atoms with E-state index in [9.17, 15) is 4.79 Å². The van der Waals surface area contributed by atoms with E-state index in [1.54, 1.807) is 12.4 Å². The minimum absolute atomic E-state index is 0.0912. The zero-order valence-electron chi connectivity index (χ0n) is 10.6. The van der Waals surface area contributed by atoms with Crippen molar-refractivity contribution in [2.75, 3.05) is 11.9 Å². The second-order valence-corrected chi connectivity index (χ2v) is 4.84. The Hall–Kier alpha value is -1.49. The van der Waals surface area contributed by atoms with Gasteiger partial charge in [0.15, 0.2) is 5.82 Å². The zero-order chi connectivity index (χ0) is 12.8. The van der Waals surface area contributed by atoms with Gasteiger partial charge >= 0.3 is 0 Å². The van der Waals surface area contributed by atoms with Crippen molar-refractivity contribution >= 4 is 11.7 Å². The van der Waals surface area contributed by atoms with Crippen molar-refractivity contribution in [2.24, 2.45) is 5.92 Å². The molecule has 0 radical (unpaired) electrons. The predicted molar refractivity (Wildman–Crippen MR) is 68.0 cm³/mol. The van der Waals surface area contributed by atoms with E-state index in [2.05, 4.69) is 22.2 Å². The number of aromatic nitrogens is 2. The van der Waals surface area contributed by atoms with Gasteiger partial charge in [0.1, 0.15) is 6.61 Å². The maximum absolute atomic E-state index is 11.6. The number of rotatable bonds is 4. The summed E-state index contributed by atoms with van der Waals surface area (Å²) in [5.74, 6) is 0.989. The number of ether oxygens (including phenoxy) is 1. The van der Waals surface area contributed by atoms with E-state index in [0.29, 0.717) is 11.7 Å². The molecule has 0 aliphatic heterocycles. The average molecular weight is 249 g/mol. The molecule has 2 atom stereocenters. The molecule has 98 valence electrons. The highest BCUT2D eigenvalue weighted by Gasteiger charge is 2.20. The average Bonchev–Trinajstić information content (AvgIpc) is 2.38. The van der Waals surface area contributed by atoms with Crippen molar-refractivity contribution < 1.29 is 9.53 Å². The monoisotopic (exact) mass is 249 g/mol. The van der Waals surface area contributed by atoms with Gasteiger partial charge in [0.2, 0.25) is 0 Å². The third-order valence-corrected chi connectivity index (χ3v) is 3.17. The Bertz CT molecular complexity index is 383. The van der Waals surface area contributed by atoms with Gasteiger partial charge in [-0.15, -0.1) is 0 Å². The first kappa shape index (κ1) is 13.0. The third-order valence-electron chi connectivity index (χ3n) is 3.17. The summed E-state index contributed by atoms with van der Waals surface area (Å²) in [7, 11) is 0. The number of hydrogen-bond donors (Lipinski definition) is 1. The summed E-state index contributed by atoms with van der Waals surface area (Å²) < 4.78 is 5.63. The Kier molecular flexibility index (Phi) is 4.64. The smallest absolute Gasteiger partial charge is 0.251 e. The number of hydrogen-bond acceptors (Lipinski definition) is 4. The predicted octanol–water partition coefficient (Wildman–Crippen LogP) is 2.01. The lowest BCUT2D eigenvalue weighted by Crippen LogP contribution is -2.27. The summed E-state index contributed by atoms with van der Waals surface area (Å²) in [6, 6.07) is 0. The van der Waals surface area contributed by atoms with Crippen LogP contribution in [0.5, 0.6) is 0 Å². The summed E-state index contributed by atoms with van der Waals surface area (Å²) in [6.07, 6.45) is 9.42. The molecule has 0 aromatic carbocycles. The standard InChI is InChI=1S/C13H19N3O2/c1-10-3-2-4-11(7-10)18-9-13(17)16-12-8-14-5-6-15-12/h5-6,8,10-11H,2-4,7,9H2,1H3,(H,15,16,17)/t10-,11+/m0/s1. The second kappa shape index (κ2) is 6.44. The van der Waals surface area contributed by atoms with Gasteiger partial charge in [0.25, 0.3) is 5.91 Å². The van der Waals surface area contributed by atoms with Gasteiger partial charge in [-0.1, -0.05) is 19.8 Å². The molecular weight excluding hydrogens is 230 g/mol. The minimum atomic E-state index is -0.172. The topological polar surface area (TPSA) is 64.1 Å². The SMILES string of the molecule is C[C@H]1CCC[C@@H](OCC(=O)Nc2cnccn2)C1. The highest BCUT2D eigenvalue weighted by atomic mass is 16.5. The van der Waals surface area contributed by atoms with Crippen molar-refractivity contribution in [1.29, 1.82) is 0 Å². The van der Waals surface area contributed by atoms with Crippen LogP contribution in [0.4, 0.5) is 5.82 Å². The Morgan fingerprint density at radius 1 is 1.50 bits per heavy atom. The van der Waals surface area contributed by atoms with Gasteiger partial charge in [-0.3, -0.25) is 9.78 Å². The fourth-order valence-electron chi connectivity index (χ4n) is 2.27. The highest BCUT2D eigenvalue weighted by molar-refractivity contribution is 5.90. The molecule has 1 fully saturated rings. The first-order valence-corrected chi connectivity index (χ1v) is 6.41. The van der Waals surface area contributed by atoms with Crippen LogP contribution in [0.25, 0.3) is 0 Å². The van der Waals surface area contributed by atoms with Crippen molar-refractivity contribution in [3.63, 3.8) is 0 Å². The molecule has 2 rings (SSSR count). The van der Waals surface area contributed by atoms with E-state index in [1.165, 1.54) is 19.0 Å². The summed E-state index contributed by atoms with van der Waals surface area (Å²) >= 11 is 0. The van der Waals surface area contributed by atoms with Crippen LogP contribution in [-0.4, -0.2) is 28.6 Å². The van der Waals surface area contributed by atoms with Gasteiger partial charge in [-0.25, -0.2) is 4.98 Å². The third kappa shape index (κ3) is 4.07. The molecule has 1 N–H and O–H groups in total. The molecule has 0 bridgehead atoms. The number of anilines is 1. The van der Waals surface area contributed by atoms with E-state index in [-0.39, 0.29) is 18.6 Å². The minimum Gasteiger partial charge on any atom is -0.368 e. The van der Waals surface area contributed by atoms with Gasteiger partial charge in [0, 0.05) is 12.4 Å². The number of carbonyl (C=O) groups excluding carboxylic acids is 1. The van der Waals surface area contributed by atoms with E-state index in [0.717, 1.165) is 12.8 Å². The Morgan fingerprint density at radius 2 is 2.39 bits per heavy atom. The fraction of sp³-hybridized carbons (Fsp3) is 0.615. The van der Waals surface area contributed by atoms with Crippen molar-refractivity contribution in [3.05, 3.63) is 18.6 Å². The Morgan fingerprint density at radius 3 is 3.11 bits per heavy atom. The summed E-state index contributed by atoms with van der Waals surface area (Å²) in [6.45, 7) is 2.32. The molecule has 1 saturated carbocycles. The normalized spacial score (nSPS) is 23.6. The maximum Gasteiger partial charge on any atom is 0.251 e. The summed E-state index contributed by atoms with van der Waals surface area (Å²) in [5, 5.41) is 2.66. The molecule has 18 heavy (non-hydrogen) atoms. The number of amides is 1. The largest absolute Gasteiger partial charge is 0.368 e. The van der Waals surface area contributed by atoms with Gasteiger partial charge < -0.3 is 10.1 Å². The van der Waals surface area contributed by atoms with E-state index >= 15 is 0 Å². The fourth-order valence-corrected chi connectivity index (χ4v) is 2.27. The molecule has 1 aromatic rings. The molecule has 1 amide bonds. The van der Waals surface area contributed by atoms with Gasteiger partial charge in [-0.2, -0.15) is 0 Å². The van der Waals surface area contributed by atoms with Gasteiger partial charge in [-0.05, 0) is 18.8 Å². The lowest BCUT2D eigenvalue weighted by atomic mass is 9.89. The van der Waals surface area contributed by atoms with Crippen LogP contribution in [0, 0.1) is 5.92 Å². The number of nitrogens with zero attached hydrogens (tertiary/aromatic N) is 2. The molecule has 1 aromatic heterocycles. The van der Waals surface area contributed by atoms with E-state index < -0.39 is 0 Å². The van der Waals surface area contributed by atoms with Gasteiger partial charge in [0.05, 0.1) is 12.3 Å². The molecule has 5 heteroatoms. The molecule has 1 heterocycles. The van der Waals surface area contributed by atoms with Crippen LogP contribution in [0.1, 0.15) is 32.6 Å². The highest BCUT2D eigenvalue weighted by Crippen LogP contribution is 2.25. The van der Waals surface area contributed by atoms with Crippen LogP contribution < -0.4 is 5.32 Å². The molecule has 1 aliphatic carbocycles. The van der Waals surface area contributed by atoms with Crippen LogP contribution >= 0.6 is 0 Å². The number of carbonyl (C=O) groups is 1. The van der Waals surface area contributed by atoms with Crippen LogP contribution in [0.15, 0.2) is 18.6 Å². The van der Waals surface area contributed by atoms with Crippen molar-refractivity contribution in [3.8, 4) is 0 Å². The van der Waals surface area contributed by atoms with Crippen molar-refractivity contribution in [2.45, 2.75) is 38.7 Å². The summed E-state index contributed by atoms with van der Waals surface area (Å²) in [5.41, 5.74) is 0. The first-order chi connectivity index (χ1) is 8.74. The molecule has 0 unspecified atom stereocenters. The molecule has 1 aliphatic rings. The summed E-state index contributed by atoms with van der Waals surface area (Å²) in [4.78, 5) is 19.5. The van der Waals surface area contributed by atoms with Crippen LogP contribution in [-0.2, 0) is 9.53 Å². The second-order valence-electron chi connectivity index (χ2n) is 4.84. The van der Waals surface area contributed by atoms with Crippen molar-refractivity contribution in [1.82, 2.24) is 9.97 Å². The van der Waals surface area contributed by atoms with Crippen LogP contribution in [0.2, 0.25) is 0 Å². The van der Waals surface area contributed by atoms with E-state index in [1.807, 2.05) is 0 Å². The number of nitrogens with one attached hydrogen (secondary N) is 1. The molecular formula is C13H19N3O2. The lowest BCUT2D eigenvalue weighted by molar-refractivity contribution is -0.123. The Balaban J connectivity index is 1.71. The molecule has 0 spiro atoms. The Labute approximate surface area is 107 Å². The van der Waals surface area contributed by atoms with E-state index in [4.69, 9.17) is 4.74 Å². The quantitative estimate of drug-likeness (QED) is 0.886. The zero-order valence-corrected chi connectivity index (χ0v) is 10.6. The maximum atomic E-state index is 11.6. The molecule has 0 saturated heterocycles. The van der Waals surface area contributed by atoms with Crippen LogP contribution in [0.3, 0.4) is 0 Å². The molecule has 5 nitrogen and oxygen atoms in total. The lowest BCUT2D eigenvalue weighted by Gasteiger charge is -2.26. The first-order valence-electron chi connectivity index (χ1n) is 6.41.